The van der Waals surface area contributed by atoms with Crippen molar-refractivity contribution in [3.8, 4) is 0 Å². The monoisotopic (exact) mass is 232 g/mol. The molecule has 0 radical (unpaired) electrons. The van der Waals surface area contributed by atoms with Gasteiger partial charge in [-0.1, -0.05) is 0 Å². The van der Waals surface area contributed by atoms with Crippen LogP contribution in [0, 0.1) is 5.41 Å². The zero-order chi connectivity index (χ0) is 12.6. The third-order valence-corrected chi connectivity index (χ3v) is 2.06. The molecule has 0 bridgehead atoms. The summed E-state index contributed by atoms with van der Waals surface area (Å²) < 4.78 is 4.77. The van der Waals surface area contributed by atoms with Crippen molar-refractivity contribution >= 4 is 11.9 Å². The number of rotatable bonds is 8. The van der Waals surface area contributed by atoms with Crippen molar-refractivity contribution in [1.29, 1.82) is 0 Å². The molecule has 0 spiro atoms. The van der Waals surface area contributed by atoms with Gasteiger partial charge in [-0.15, -0.1) is 0 Å². The van der Waals surface area contributed by atoms with E-state index in [0.29, 0.717) is 13.2 Å². The minimum atomic E-state index is -0.889. The Morgan fingerprint density at radius 2 is 2.00 bits per heavy atom. The smallest absolute Gasteiger partial charge is 0.310 e. The van der Waals surface area contributed by atoms with Gasteiger partial charge in [0, 0.05) is 20.2 Å². The van der Waals surface area contributed by atoms with Crippen LogP contribution < -0.4 is 10.6 Å². The Bertz CT molecular complexity index is 241. The fourth-order valence-corrected chi connectivity index (χ4v) is 0.919. The van der Waals surface area contributed by atoms with Gasteiger partial charge in [0.15, 0.2) is 0 Å². The maximum absolute atomic E-state index is 11.2. The molecule has 0 saturated heterocycles. The Hall–Kier alpha value is -1.14. The SMILES string of the molecule is COCCNC(=O)CNCC(C)(C)C(=O)O. The van der Waals surface area contributed by atoms with Crippen LogP contribution in [-0.2, 0) is 14.3 Å². The highest BCUT2D eigenvalue weighted by Crippen LogP contribution is 2.12. The predicted molar refractivity (Wildman–Crippen MR) is 59.2 cm³/mol. The standard InChI is InChI=1S/C10H20N2O4/c1-10(2,9(14)15)7-11-6-8(13)12-4-5-16-3/h11H,4-7H2,1-3H3,(H,12,13)(H,14,15). The summed E-state index contributed by atoms with van der Waals surface area (Å²) in [6.07, 6.45) is 0. The van der Waals surface area contributed by atoms with Crippen LogP contribution in [0.1, 0.15) is 13.8 Å². The zero-order valence-electron chi connectivity index (χ0n) is 10.0. The molecule has 0 heterocycles. The molecule has 0 aliphatic carbocycles. The van der Waals surface area contributed by atoms with Crippen LogP contribution in [0.25, 0.3) is 0 Å². The van der Waals surface area contributed by atoms with Crippen molar-refractivity contribution in [2.45, 2.75) is 13.8 Å². The van der Waals surface area contributed by atoms with Gasteiger partial charge < -0.3 is 20.5 Å². The van der Waals surface area contributed by atoms with Crippen LogP contribution in [-0.4, -0.2) is 50.3 Å². The first-order valence-corrected chi connectivity index (χ1v) is 5.10. The van der Waals surface area contributed by atoms with E-state index < -0.39 is 11.4 Å². The molecular formula is C10H20N2O4. The quantitative estimate of drug-likeness (QED) is 0.489. The highest BCUT2D eigenvalue weighted by atomic mass is 16.5. The van der Waals surface area contributed by atoms with E-state index in [1.165, 1.54) is 0 Å². The summed E-state index contributed by atoms with van der Waals surface area (Å²) in [6, 6.07) is 0. The third-order valence-electron chi connectivity index (χ3n) is 2.06. The van der Waals surface area contributed by atoms with Crippen LogP contribution in [0.4, 0.5) is 0 Å². The molecule has 0 unspecified atom stereocenters. The zero-order valence-corrected chi connectivity index (χ0v) is 10.0. The Balaban J connectivity index is 3.65. The molecule has 0 aromatic heterocycles. The van der Waals surface area contributed by atoms with Gasteiger partial charge in [0.2, 0.25) is 5.91 Å². The van der Waals surface area contributed by atoms with Crippen LogP contribution in [0.15, 0.2) is 0 Å². The summed E-state index contributed by atoms with van der Waals surface area (Å²) in [6.45, 7) is 4.49. The molecule has 0 saturated carbocycles. The number of carbonyl (C=O) groups excluding carboxylic acids is 1. The normalized spacial score (nSPS) is 11.2. The first kappa shape index (κ1) is 14.9. The van der Waals surface area contributed by atoms with E-state index in [4.69, 9.17) is 9.84 Å². The van der Waals surface area contributed by atoms with Gasteiger partial charge in [-0.3, -0.25) is 9.59 Å². The summed E-state index contributed by atoms with van der Waals surface area (Å²) in [5.74, 6) is -1.06. The second-order valence-corrected chi connectivity index (χ2v) is 4.14. The average molecular weight is 232 g/mol. The molecule has 0 aromatic rings. The molecule has 3 N–H and O–H groups in total. The number of carboxylic acids is 1. The third kappa shape index (κ3) is 6.36. The van der Waals surface area contributed by atoms with Gasteiger partial charge in [0.05, 0.1) is 18.6 Å². The van der Waals surface area contributed by atoms with Crippen LogP contribution in [0.2, 0.25) is 0 Å². The molecule has 0 fully saturated rings. The number of ether oxygens (including phenoxy) is 1. The van der Waals surface area contributed by atoms with Crippen LogP contribution in [0.3, 0.4) is 0 Å². The predicted octanol–water partition coefficient (Wildman–Crippen LogP) is -0.551. The fourth-order valence-electron chi connectivity index (χ4n) is 0.919. The molecule has 0 aliphatic heterocycles. The minimum absolute atomic E-state index is 0.112. The highest BCUT2D eigenvalue weighted by molar-refractivity contribution is 5.78. The van der Waals surface area contributed by atoms with E-state index in [1.54, 1.807) is 21.0 Å². The Kier molecular flexibility index (Phi) is 6.67. The van der Waals surface area contributed by atoms with Gasteiger partial charge in [-0.25, -0.2) is 0 Å². The molecule has 0 aliphatic rings. The molecule has 6 heteroatoms. The largest absolute Gasteiger partial charge is 0.481 e. The number of hydrogen-bond donors (Lipinski definition) is 3. The van der Waals surface area contributed by atoms with Gasteiger partial charge in [0.25, 0.3) is 0 Å². The van der Waals surface area contributed by atoms with Crippen molar-refractivity contribution in [1.82, 2.24) is 10.6 Å². The van der Waals surface area contributed by atoms with Gasteiger partial charge in [-0.05, 0) is 13.8 Å². The van der Waals surface area contributed by atoms with Gasteiger partial charge in [-0.2, -0.15) is 0 Å². The second-order valence-electron chi connectivity index (χ2n) is 4.14. The molecule has 16 heavy (non-hydrogen) atoms. The topological polar surface area (TPSA) is 87.7 Å². The maximum atomic E-state index is 11.2. The molecule has 6 nitrogen and oxygen atoms in total. The van der Waals surface area contributed by atoms with E-state index in [1.807, 2.05) is 0 Å². The molecule has 0 rings (SSSR count). The lowest BCUT2D eigenvalue weighted by Gasteiger charge is -2.19. The van der Waals surface area contributed by atoms with E-state index in [0.717, 1.165) is 0 Å². The van der Waals surface area contributed by atoms with Crippen molar-refractivity contribution in [3.63, 3.8) is 0 Å². The fraction of sp³-hybridized carbons (Fsp3) is 0.800. The average Bonchev–Trinajstić information content (AvgIpc) is 2.17. The first-order valence-electron chi connectivity index (χ1n) is 5.10. The lowest BCUT2D eigenvalue weighted by Crippen LogP contribution is -2.41. The first-order chi connectivity index (χ1) is 7.40. The van der Waals surface area contributed by atoms with Gasteiger partial charge in [0.1, 0.15) is 0 Å². The number of amides is 1. The molecule has 1 amide bonds. The van der Waals surface area contributed by atoms with E-state index in [9.17, 15) is 9.59 Å². The summed E-state index contributed by atoms with van der Waals surface area (Å²) in [7, 11) is 1.56. The number of hydrogen-bond acceptors (Lipinski definition) is 4. The van der Waals surface area contributed by atoms with E-state index in [2.05, 4.69) is 10.6 Å². The van der Waals surface area contributed by atoms with Crippen molar-refractivity contribution < 1.29 is 19.4 Å². The molecule has 0 atom stereocenters. The Labute approximate surface area is 95.4 Å². The van der Waals surface area contributed by atoms with Gasteiger partial charge >= 0.3 is 5.97 Å². The molecule has 0 aromatic carbocycles. The second kappa shape index (κ2) is 7.19. The lowest BCUT2D eigenvalue weighted by molar-refractivity contribution is -0.146. The van der Waals surface area contributed by atoms with Crippen molar-refractivity contribution in [2.75, 3.05) is 33.4 Å². The van der Waals surface area contributed by atoms with Crippen molar-refractivity contribution in [2.24, 2.45) is 5.41 Å². The Morgan fingerprint density at radius 3 is 2.50 bits per heavy atom. The molecular weight excluding hydrogens is 212 g/mol. The summed E-state index contributed by atoms with van der Waals surface area (Å²) in [5, 5.41) is 14.2. The lowest BCUT2D eigenvalue weighted by atomic mass is 9.94. The summed E-state index contributed by atoms with van der Waals surface area (Å²) >= 11 is 0. The van der Waals surface area contributed by atoms with Crippen LogP contribution >= 0.6 is 0 Å². The number of carboxylic acid groups (broad SMARTS) is 1. The highest BCUT2D eigenvalue weighted by Gasteiger charge is 2.26. The summed E-state index contributed by atoms with van der Waals surface area (Å²) in [4.78, 5) is 21.9. The number of carbonyl (C=O) groups is 2. The summed E-state index contributed by atoms with van der Waals surface area (Å²) in [5.41, 5.74) is -0.868. The van der Waals surface area contributed by atoms with Crippen molar-refractivity contribution in [3.05, 3.63) is 0 Å². The van der Waals surface area contributed by atoms with E-state index >= 15 is 0 Å². The molecule has 94 valence electrons. The van der Waals surface area contributed by atoms with Crippen LogP contribution in [0.5, 0.6) is 0 Å². The van der Waals surface area contributed by atoms with E-state index in [-0.39, 0.29) is 19.0 Å². The number of methoxy groups -OCH3 is 1. The number of nitrogens with one attached hydrogen (secondary N) is 2. The number of aliphatic carboxylic acids is 1. The maximum Gasteiger partial charge on any atom is 0.310 e. The minimum Gasteiger partial charge on any atom is -0.481 e. The Morgan fingerprint density at radius 1 is 1.38 bits per heavy atom.